The molecule has 1 unspecified atom stereocenters. The zero-order valence-electron chi connectivity index (χ0n) is 9.16. The lowest BCUT2D eigenvalue weighted by atomic mass is 10.4. The summed E-state index contributed by atoms with van der Waals surface area (Å²) < 4.78 is 25.8. The lowest BCUT2D eigenvalue weighted by Crippen LogP contribution is -2.46. The Labute approximate surface area is 86.7 Å². The van der Waals surface area contributed by atoms with Gasteiger partial charge >= 0.3 is 0 Å². The smallest absolute Gasteiger partial charge is 0.215 e. The molecule has 1 N–H and O–H groups in total. The van der Waals surface area contributed by atoms with Crippen molar-refractivity contribution in [2.24, 2.45) is 0 Å². The van der Waals surface area contributed by atoms with Gasteiger partial charge in [0.05, 0.1) is 11.4 Å². The summed E-state index contributed by atoms with van der Waals surface area (Å²) in [4.78, 5) is 2.17. The predicted molar refractivity (Wildman–Crippen MR) is 57.5 cm³/mol. The Morgan fingerprint density at radius 3 is 2.07 bits per heavy atom. The normalized spacial score (nSPS) is 21.7. The van der Waals surface area contributed by atoms with Crippen LogP contribution in [0.2, 0.25) is 0 Å². The van der Waals surface area contributed by atoms with Crippen molar-refractivity contribution in [3.8, 4) is 0 Å². The molecule has 0 aromatic carbocycles. The minimum Gasteiger partial charge on any atom is -0.287 e. The van der Waals surface area contributed by atoms with Crippen LogP contribution in [0.1, 0.15) is 33.6 Å². The molecule has 1 rings (SSSR count). The number of nitrogens with one attached hydrogen (secondary N) is 1. The van der Waals surface area contributed by atoms with E-state index in [2.05, 4.69) is 9.62 Å². The Morgan fingerprint density at radius 1 is 1.14 bits per heavy atom. The van der Waals surface area contributed by atoms with Crippen molar-refractivity contribution < 1.29 is 8.42 Å². The Morgan fingerprint density at radius 2 is 1.64 bits per heavy atom. The second kappa shape index (κ2) is 4.59. The van der Waals surface area contributed by atoms with Gasteiger partial charge in [-0.3, -0.25) is 4.90 Å². The Bertz CT molecular complexity index is 269. The number of hydrogen-bond acceptors (Lipinski definition) is 3. The topological polar surface area (TPSA) is 49.4 Å². The van der Waals surface area contributed by atoms with Crippen LogP contribution in [0.25, 0.3) is 0 Å². The standard InChI is InChI=1S/C9H20N2O2S/c1-8(2)14(12,13)10-9(3)11-6-4-5-7-11/h8-10H,4-7H2,1-3H3. The highest BCUT2D eigenvalue weighted by molar-refractivity contribution is 7.90. The first-order valence-corrected chi connectivity index (χ1v) is 6.73. The predicted octanol–water partition coefficient (Wildman–Crippen LogP) is 0.756. The summed E-state index contributed by atoms with van der Waals surface area (Å²) in [6.07, 6.45) is 2.28. The maximum Gasteiger partial charge on any atom is 0.215 e. The lowest BCUT2D eigenvalue weighted by Gasteiger charge is -2.25. The third kappa shape index (κ3) is 2.93. The zero-order chi connectivity index (χ0) is 10.8. The molecule has 1 heterocycles. The van der Waals surface area contributed by atoms with Crippen LogP contribution in [0.4, 0.5) is 0 Å². The summed E-state index contributed by atoms with van der Waals surface area (Å²) in [5.41, 5.74) is 0. The van der Waals surface area contributed by atoms with Crippen molar-refractivity contribution in [1.29, 1.82) is 0 Å². The van der Waals surface area contributed by atoms with Crippen molar-refractivity contribution >= 4 is 10.0 Å². The van der Waals surface area contributed by atoms with Crippen LogP contribution in [0, 0.1) is 0 Å². The molecule has 4 nitrogen and oxygen atoms in total. The molecule has 0 saturated carbocycles. The highest BCUT2D eigenvalue weighted by Gasteiger charge is 2.24. The van der Waals surface area contributed by atoms with Crippen molar-refractivity contribution in [3.05, 3.63) is 0 Å². The Balaban J connectivity index is 2.51. The Kier molecular flexibility index (Phi) is 3.92. The van der Waals surface area contributed by atoms with Crippen molar-refractivity contribution in [2.75, 3.05) is 13.1 Å². The first kappa shape index (κ1) is 11.9. The van der Waals surface area contributed by atoms with E-state index in [9.17, 15) is 8.42 Å². The molecule has 0 amide bonds. The average molecular weight is 220 g/mol. The van der Waals surface area contributed by atoms with Gasteiger partial charge in [-0.15, -0.1) is 0 Å². The Hall–Kier alpha value is -0.130. The molecule has 1 atom stereocenters. The van der Waals surface area contributed by atoms with Gasteiger partial charge in [0.2, 0.25) is 10.0 Å². The van der Waals surface area contributed by atoms with E-state index in [4.69, 9.17) is 0 Å². The van der Waals surface area contributed by atoms with Crippen LogP contribution in [-0.2, 0) is 10.0 Å². The molecule has 1 saturated heterocycles. The molecule has 0 aliphatic carbocycles. The number of likely N-dealkylation sites (tertiary alicyclic amines) is 1. The number of rotatable bonds is 4. The fourth-order valence-corrected chi connectivity index (χ4v) is 2.47. The lowest BCUT2D eigenvalue weighted by molar-refractivity contribution is 0.246. The molecule has 1 fully saturated rings. The molecule has 5 heteroatoms. The third-order valence-electron chi connectivity index (χ3n) is 2.64. The van der Waals surface area contributed by atoms with E-state index < -0.39 is 10.0 Å². The van der Waals surface area contributed by atoms with Gasteiger partial charge in [-0.1, -0.05) is 0 Å². The number of nitrogens with zero attached hydrogens (tertiary/aromatic N) is 1. The van der Waals surface area contributed by atoms with E-state index in [-0.39, 0.29) is 11.4 Å². The molecular formula is C9H20N2O2S. The van der Waals surface area contributed by atoms with E-state index in [0.29, 0.717) is 0 Å². The van der Waals surface area contributed by atoms with E-state index in [1.807, 2.05) is 6.92 Å². The van der Waals surface area contributed by atoms with Gasteiger partial charge in [-0.25, -0.2) is 8.42 Å². The maximum absolute atomic E-state index is 11.6. The summed E-state index contributed by atoms with van der Waals surface area (Å²) >= 11 is 0. The van der Waals surface area contributed by atoms with Crippen molar-refractivity contribution in [3.63, 3.8) is 0 Å². The van der Waals surface area contributed by atoms with Gasteiger partial charge in [0.15, 0.2) is 0 Å². The van der Waals surface area contributed by atoms with Crippen LogP contribution in [0.15, 0.2) is 0 Å². The van der Waals surface area contributed by atoms with Gasteiger partial charge in [0.25, 0.3) is 0 Å². The number of sulfonamides is 1. The first-order chi connectivity index (χ1) is 6.43. The summed E-state index contributed by atoms with van der Waals surface area (Å²) in [7, 11) is -3.13. The largest absolute Gasteiger partial charge is 0.287 e. The quantitative estimate of drug-likeness (QED) is 0.761. The molecule has 0 aromatic heterocycles. The molecule has 1 aliphatic heterocycles. The number of hydrogen-bond donors (Lipinski definition) is 1. The van der Waals surface area contributed by atoms with E-state index >= 15 is 0 Å². The van der Waals surface area contributed by atoms with Gasteiger partial charge in [0.1, 0.15) is 0 Å². The van der Waals surface area contributed by atoms with E-state index in [0.717, 1.165) is 13.1 Å². The average Bonchev–Trinajstić information content (AvgIpc) is 2.54. The molecule has 14 heavy (non-hydrogen) atoms. The molecule has 1 aliphatic rings. The highest BCUT2D eigenvalue weighted by Crippen LogP contribution is 2.11. The third-order valence-corrected chi connectivity index (χ3v) is 4.55. The summed E-state index contributed by atoms with van der Waals surface area (Å²) in [5, 5.41) is -0.354. The van der Waals surface area contributed by atoms with Crippen molar-refractivity contribution in [2.45, 2.75) is 45.0 Å². The minimum atomic E-state index is -3.13. The molecule has 84 valence electrons. The van der Waals surface area contributed by atoms with Gasteiger partial charge in [0, 0.05) is 0 Å². The first-order valence-electron chi connectivity index (χ1n) is 5.18. The summed E-state index contributed by atoms with van der Waals surface area (Å²) in [6.45, 7) is 7.30. The van der Waals surface area contributed by atoms with Crippen LogP contribution in [0.5, 0.6) is 0 Å². The van der Waals surface area contributed by atoms with E-state index in [1.165, 1.54) is 12.8 Å². The molecular weight excluding hydrogens is 200 g/mol. The van der Waals surface area contributed by atoms with Gasteiger partial charge in [-0.05, 0) is 46.7 Å². The van der Waals surface area contributed by atoms with Crippen LogP contribution in [-0.4, -0.2) is 37.8 Å². The van der Waals surface area contributed by atoms with Crippen LogP contribution in [0.3, 0.4) is 0 Å². The molecule has 0 radical (unpaired) electrons. The fraction of sp³-hybridized carbons (Fsp3) is 1.00. The summed E-state index contributed by atoms with van der Waals surface area (Å²) in [5.74, 6) is 0. The second-order valence-electron chi connectivity index (χ2n) is 4.13. The van der Waals surface area contributed by atoms with E-state index in [1.54, 1.807) is 13.8 Å². The fourth-order valence-electron chi connectivity index (χ4n) is 1.58. The van der Waals surface area contributed by atoms with Crippen LogP contribution < -0.4 is 4.72 Å². The highest BCUT2D eigenvalue weighted by atomic mass is 32.2. The van der Waals surface area contributed by atoms with Crippen LogP contribution >= 0.6 is 0 Å². The molecule has 0 spiro atoms. The zero-order valence-corrected chi connectivity index (χ0v) is 9.97. The molecule has 0 bridgehead atoms. The van der Waals surface area contributed by atoms with Gasteiger partial charge < -0.3 is 0 Å². The molecule has 0 aromatic rings. The van der Waals surface area contributed by atoms with Gasteiger partial charge in [-0.2, -0.15) is 4.72 Å². The van der Waals surface area contributed by atoms with Crippen molar-refractivity contribution in [1.82, 2.24) is 9.62 Å². The second-order valence-corrected chi connectivity index (χ2v) is 6.40. The maximum atomic E-state index is 11.6. The SMILES string of the molecule is CC(NS(=O)(=O)C(C)C)N1CCCC1. The summed E-state index contributed by atoms with van der Waals surface area (Å²) in [6, 6.07) is 0. The minimum absolute atomic E-state index is 0.0649. The monoisotopic (exact) mass is 220 g/mol.